The monoisotopic (exact) mass is 350 g/mol. The molecule has 3 aromatic rings. The van der Waals surface area contributed by atoms with Gasteiger partial charge in [0.05, 0.1) is 32.1 Å². The molecule has 2 heterocycles. The van der Waals surface area contributed by atoms with Crippen LogP contribution in [0.15, 0.2) is 28.6 Å². The summed E-state index contributed by atoms with van der Waals surface area (Å²) < 4.78 is 18.4. The molecule has 0 radical (unpaired) electrons. The molecule has 0 amide bonds. The molecule has 3 rings (SSSR count). The molecule has 0 saturated carbocycles. The van der Waals surface area contributed by atoms with E-state index in [-0.39, 0.29) is 0 Å². The Morgan fingerprint density at radius 3 is 2.39 bits per heavy atom. The highest BCUT2D eigenvalue weighted by Crippen LogP contribution is 2.41. The number of nitrogens with zero attached hydrogens (tertiary/aromatic N) is 2. The lowest BCUT2D eigenvalue weighted by Gasteiger charge is -2.14. The molecule has 2 aromatic heterocycles. The van der Waals surface area contributed by atoms with E-state index in [1.165, 1.54) is 0 Å². The normalized spacial score (nSPS) is 11.1. The number of hydrogen-bond donors (Lipinski definition) is 0. The molecule has 0 fully saturated rings. The molecular formula is C16H18N2O3S2. The molecule has 0 spiro atoms. The zero-order valence-corrected chi connectivity index (χ0v) is 15.1. The van der Waals surface area contributed by atoms with E-state index in [0.717, 1.165) is 38.2 Å². The molecule has 0 aliphatic carbocycles. The molecule has 0 N–H and O–H groups in total. The Kier molecular flexibility index (Phi) is 4.79. The number of ether oxygens (including phenoxy) is 3. The van der Waals surface area contributed by atoms with Crippen LogP contribution < -0.4 is 9.47 Å². The highest BCUT2D eigenvalue weighted by Gasteiger charge is 2.19. The number of aromatic nitrogens is 2. The summed E-state index contributed by atoms with van der Waals surface area (Å²) in [5.74, 6) is 1.50. The minimum atomic E-state index is 0.504. The molecule has 1 aromatic carbocycles. The summed E-state index contributed by atoms with van der Waals surface area (Å²) >= 11 is 3.28. The maximum Gasteiger partial charge on any atom is 0.132 e. The largest absolute Gasteiger partial charge is 0.496 e. The van der Waals surface area contributed by atoms with Crippen LogP contribution >= 0.6 is 23.1 Å². The lowest BCUT2D eigenvalue weighted by atomic mass is 10.1. The van der Waals surface area contributed by atoms with Gasteiger partial charge in [-0.15, -0.1) is 23.1 Å². The first-order chi connectivity index (χ1) is 11.2. The van der Waals surface area contributed by atoms with Gasteiger partial charge in [-0.1, -0.05) is 0 Å². The number of thiazole rings is 1. The molecule has 0 bridgehead atoms. The van der Waals surface area contributed by atoms with E-state index in [1.807, 2.05) is 22.9 Å². The Morgan fingerprint density at radius 2 is 1.83 bits per heavy atom. The van der Waals surface area contributed by atoms with Gasteiger partial charge in [0.2, 0.25) is 0 Å². The summed E-state index contributed by atoms with van der Waals surface area (Å²) in [5, 5.41) is 7.70. The van der Waals surface area contributed by atoms with Crippen molar-refractivity contribution in [1.82, 2.24) is 9.61 Å². The van der Waals surface area contributed by atoms with Crippen LogP contribution in [0, 0.1) is 0 Å². The second-order valence-corrected chi connectivity index (χ2v) is 6.58. The second-order valence-electron chi connectivity index (χ2n) is 4.87. The van der Waals surface area contributed by atoms with Crippen LogP contribution in [-0.2, 0) is 11.3 Å². The summed E-state index contributed by atoms with van der Waals surface area (Å²) in [7, 11) is 4.99. The van der Waals surface area contributed by atoms with Crippen LogP contribution in [0.4, 0.5) is 0 Å². The number of fused-ring (bicyclic) bond motifs is 1. The van der Waals surface area contributed by atoms with E-state index in [1.54, 1.807) is 44.4 Å². The molecule has 23 heavy (non-hydrogen) atoms. The third-order valence-electron chi connectivity index (χ3n) is 3.52. The lowest BCUT2D eigenvalue weighted by molar-refractivity contribution is 0.184. The van der Waals surface area contributed by atoms with E-state index in [2.05, 4.69) is 16.5 Å². The van der Waals surface area contributed by atoms with Gasteiger partial charge in [-0.05, 0) is 24.0 Å². The highest BCUT2D eigenvalue weighted by atomic mass is 32.2. The minimum absolute atomic E-state index is 0.504. The predicted molar refractivity (Wildman–Crippen MR) is 94.1 cm³/mol. The maximum atomic E-state index is 5.60. The van der Waals surface area contributed by atoms with Crippen LogP contribution in [-0.4, -0.2) is 37.2 Å². The highest BCUT2D eigenvalue weighted by molar-refractivity contribution is 7.98. The van der Waals surface area contributed by atoms with Crippen molar-refractivity contribution in [3.63, 3.8) is 0 Å². The van der Waals surface area contributed by atoms with E-state index in [4.69, 9.17) is 14.2 Å². The van der Waals surface area contributed by atoms with Gasteiger partial charge >= 0.3 is 0 Å². The lowest BCUT2D eigenvalue weighted by Crippen LogP contribution is -1.99. The zero-order valence-electron chi connectivity index (χ0n) is 13.5. The fourth-order valence-electron chi connectivity index (χ4n) is 2.50. The van der Waals surface area contributed by atoms with Gasteiger partial charge in [0.1, 0.15) is 21.4 Å². The molecule has 0 aliphatic heterocycles. The van der Waals surface area contributed by atoms with Crippen LogP contribution in [0.5, 0.6) is 11.5 Å². The van der Waals surface area contributed by atoms with Crippen molar-refractivity contribution in [2.45, 2.75) is 11.6 Å². The summed E-state index contributed by atoms with van der Waals surface area (Å²) in [6.07, 6.45) is 2.02. The molecular weight excluding hydrogens is 332 g/mol. The maximum absolute atomic E-state index is 5.60. The number of hydrogen-bond acceptors (Lipinski definition) is 6. The molecule has 0 unspecified atom stereocenters. The van der Waals surface area contributed by atoms with Crippen molar-refractivity contribution in [3.05, 3.63) is 29.1 Å². The third-order valence-corrected chi connectivity index (χ3v) is 5.01. The van der Waals surface area contributed by atoms with Gasteiger partial charge in [0.25, 0.3) is 0 Å². The van der Waals surface area contributed by atoms with E-state index in [0.29, 0.717) is 6.61 Å². The molecule has 0 aliphatic rings. The van der Waals surface area contributed by atoms with Crippen LogP contribution in [0.3, 0.4) is 0 Å². The molecule has 122 valence electrons. The van der Waals surface area contributed by atoms with Gasteiger partial charge < -0.3 is 14.2 Å². The fourth-order valence-corrected chi connectivity index (χ4v) is 3.84. The number of rotatable bonds is 6. The van der Waals surface area contributed by atoms with Crippen molar-refractivity contribution in [2.24, 2.45) is 0 Å². The predicted octanol–water partition coefficient (Wildman–Crippen LogP) is 3.95. The first-order valence-corrected chi connectivity index (χ1v) is 9.07. The van der Waals surface area contributed by atoms with Crippen LogP contribution in [0.25, 0.3) is 16.1 Å². The van der Waals surface area contributed by atoms with Crippen molar-refractivity contribution in [1.29, 1.82) is 0 Å². The van der Waals surface area contributed by atoms with Crippen molar-refractivity contribution >= 4 is 27.9 Å². The topological polar surface area (TPSA) is 45.0 Å². The first kappa shape index (κ1) is 16.2. The minimum Gasteiger partial charge on any atom is -0.496 e. The van der Waals surface area contributed by atoms with Crippen molar-refractivity contribution in [3.8, 4) is 22.8 Å². The zero-order chi connectivity index (χ0) is 16.4. The quantitative estimate of drug-likeness (QED) is 0.630. The van der Waals surface area contributed by atoms with Gasteiger partial charge in [-0.25, -0.2) is 4.52 Å². The summed E-state index contributed by atoms with van der Waals surface area (Å²) in [6, 6.07) is 6.03. The average molecular weight is 350 g/mol. The van der Waals surface area contributed by atoms with E-state index >= 15 is 0 Å². The second kappa shape index (κ2) is 6.82. The van der Waals surface area contributed by atoms with Crippen molar-refractivity contribution in [2.75, 3.05) is 27.6 Å². The SMILES string of the molecule is COCc1cc(OC)c(-c2csc3cc(SC)nn23)c(OC)c1. The van der Waals surface area contributed by atoms with Crippen LogP contribution in [0.1, 0.15) is 5.56 Å². The van der Waals surface area contributed by atoms with Gasteiger partial charge in [-0.2, -0.15) is 5.10 Å². The standard InChI is InChI=1S/C16H18N2O3S2/c1-19-8-10-5-12(20-2)16(13(6-10)21-3)11-9-23-15-7-14(22-4)17-18(11)15/h5-7,9H,8H2,1-4H3. The Morgan fingerprint density at radius 1 is 1.13 bits per heavy atom. The third kappa shape index (κ3) is 2.91. The summed E-state index contributed by atoms with van der Waals surface area (Å²) in [6.45, 7) is 0.504. The fraction of sp³-hybridized carbons (Fsp3) is 0.312. The van der Waals surface area contributed by atoms with E-state index < -0.39 is 0 Å². The molecule has 0 atom stereocenters. The Labute approximate surface area is 143 Å². The first-order valence-electron chi connectivity index (χ1n) is 6.97. The smallest absolute Gasteiger partial charge is 0.132 e. The van der Waals surface area contributed by atoms with Gasteiger partial charge in [-0.3, -0.25) is 0 Å². The average Bonchev–Trinajstić information content (AvgIpc) is 3.14. The Balaban J connectivity index is 2.21. The summed E-state index contributed by atoms with van der Waals surface area (Å²) in [5.41, 5.74) is 2.86. The molecule has 0 saturated heterocycles. The van der Waals surface area contributed by atoms with Gasteiger partial charge in [0.15, 0.2) is 0 Å². The number of methoxy groups -OCH3 is 3. The summed E-state index contributed by atoms with van der Waals surface area (Å²) in [4.78, 5) is 1.09. The Bertz CT molecular complexity index is 801. The van der Waals surface area contributed by atoms with Crippen molar-refractivity contribution < 1.29 is 14.2 Å². The number of thioether (sulfide) groups is 1. The van der Waals surface area contributed by atoms with Crippen LogP contribution in [0.2, 0.25) is 0 Å². The molecule has 7 heteroatoms. The van der Waals surface area contributed by atoms with E-state index in [9.17, 15) is 0 Å². The Hall–Kier alpha value is -1.70. The molecule has 5 nitrogen and oxygen atoms in total. The van der Waals surface area contributed by atoms with Gasteiger partial charge in [0, 0.05) is 18.6 Å². The number of benzene rings is 1.